The molecule has 0 spiro atoms. The number of ether oxygens (including phenoxy) is 1. The minimum atomic E-state index is -3.87. The van der Waals surface area contributed by atoms with E-state index in [2.05, 4.69) is 0 Å². The molecule has 140 valence electrons. The highest BCUT2D eigenvalue weighted by atomic mass is 32.2. The third kappa shape index (κ3) is 4.53. The van der Waals surface area contributed by atoms with Gasteiger partial charge in [-0.15, -0.1) is 0 Å². The van der Waals surface area contributed by atoms with Crippen LogP contribution < -0.4 is 0 Å². The Morgan fingerprint density at radius 1 is 0.926 bits per heavy atom. The number of fused-ring (bicyclic) bond motifs is 1. The zero-order valence-electron chi connectivity index (χ0n) is 15.0. The molecule has 0 N–H and O–H groups in total. The van der Waals surface area contributed by atoms with Gasteiger partial charge in [0, 0.05) is 6.54 Å². The lowest BCUT2D eigenvalue weighted by Gasteiger charge is -2.21. The average molecular weight is 383 g/mol. The Balaban J connectivity index is 1.97. The molecule has 0 bridgehead atoms. The molecule has 3 aromatic carbocycles. The lowest BCUT2D eigenvalue weighted by molar-refractivity contribution is -0.143. The normalized spacial score (nSPS) is 11.6. The van der Waals surface area contributed by atoms with Crippen LogP contribution in [0.1, 0.15) is 12.5 Å². The Labute approximate surface area is 159 Å². The van der Waals surface area contributed by atoms with Crippen molar-refractivity contribution in [3.05, 3.63) is 78.4 Å². The SMILES string of the molecule is CCOC(=O)CN(Cc1ccccc1)S(=O)(=O)c1ccc2ccccc2c1. The summed E-state index contributed by atoms with van der Waals surface area (Å²) in [6.07, 6.45) is 0. The number of hydrogen-bond acceptors (Lipinski definition) is 4. The molecule has 6 heteroatoms. The van der Waals surface area contributed by atoms with Crippen molar-refractivity contribution in [1.82, 2.24) is 4.31 Å². The number of hydrogen-bond donors (Lipinski definition) is 0. The topological polar surface area (TPSA) is 63.7 Å². The molecule has 0 atom stereocenters. The molecular weight excluding hydrogens is 362 g/mol. The van der Waals surface area contributed by atoms with Crippen molar-refractivity contribution < 1.29 is 17.9 Å². The summed E-state index contributed by atoms with van der Waals surface area (Å²) in [5.74, 6) is -0.571. The van der Waals surface area contributed by atoms with E-state index < -0.39 is 16.0 Å². The second-order valence-corrected chi connectivity index (χ2v) is 8.01. The highest BCUT2D eigenvalue weighted by Crippen LogP contribution is 2.23. The maximum absolute atomic E-state index is 13.2. The quantitative estimate of drug-likeness (QED) is 0.585. The zero-order chi connectivity index (χ0) is 19.3. The van der Waals surface area contributed by atoms with Gasteiger partial charge in [0.1, 0.15) is 6.54 Å². The minimum Gasteiger partial charge on any atom is -0.465 e. The van der Waals surface area contributed by atoms with Gasteiger partial charge in [-0.25, -0.2) is 8.42 Å². The molecule has 0 aliphatic heterocycles. The molecule has 0 amide bonds. The molecule has 0 heterocycles. The molecule has 3 aromatic rings. The van der Waals surface area contributed by atoms with Crippen molar-refractivity contribution in [2.24, 2.45) is 0 Å². The molecule has 0 aliphatic carbocycles. The molecule has 5 nitrogen and oxygen atoms in total. The fraction of sp³-hybridized carbons (Fsp3) is 0.190. The van der Waals surface area contributed by atoms with Crippen molar-refractivity contribution in [3.8, 4) is 0 Å². The van der Waals surface area contributed by atoms with Crippen LogP contribution in [0.4, 0.5) is 0 Å². The Hall–Kier alpha value is -2.70. The monoisotopic (exact) mass is 383 g/mol. The first kappa shape index (κ1) is 19.1. The molecule has 0 radical (unpaired) electrons. The molecule has 0 saturated carbocycles. The van der Waals surface area contributed by atoms with Crippen LogP contribution in [0, 0.1) is 0 Å². The van der Waals surface area contributed by atoms with E-state index in [9.17, 15) is 13.2 Å². The van der Waals surface area contributed by atoms with Crippen molar-refractivity contribution >= 4 is 26.8 Å². The summed E-state index contributed by atoms with van der Waals surface area (Å²) in [5, 5.41) is 1.78. The predicted octanol–water partition coefficient (Wildman–Crippen LogP) is 3.59. The first-order valence-corrected chi connectivity index (χ1v) is 10.1. The Morgan fingerprint density at radius 3 is 2.30 bits per heavy atom. The van der Waals surface area contributed by atoms with Crippen LogP contribution in [0.15, 0.2) is 77.7 Å². The first-order chi connectivity index (χ1) is 13.0. The van der Waals surface area contributed by atoms with Gasteiger partial charge in [0.25, 0.3) is 0 Å². The summed E-state index contributed by atoms with van der Waals surface area (Å²) in [6, 6.07) is 21.7. The maximum Gasteiger partial charge on any atom is 0.321 e. The molecule has 0 unspecified atom stereocenters. The van der Waals surface area contributed by atoms with E-state index in [1.165, 1.54) is 0 Å². The summed E-state index contributed by atoms with van der Waals surface area (Å²) in [7, 11) is -3.87. The van der Waals surface area contributed by atoms with Gasteiger partial charge in [0.05, 0.1) is 11.5 Å². The Kier molecular flexibility index (Phi) is 5.88. The molecule has 0 aliphatic rings. The van der Waals surface area contributed by atoms with Gasteiger partial charge in [-0.2, -0.15) is 4.31 Å². The van der Waals surface area contributed by atoms with Crippen LogP contribution in [0.3, 0.4) is 0 Å². The van der Waals surface area contributed by atoms with Gasteiger partial charge >= 0.3 is 5.97 Å². The van der Waals surface area contributed by atoms with Gasteiger partial charge in [0.2, 0.25) is 10.0 Å². The largest absolute Gasteiger partial charge is 0.465 e. The number of rotatable bonds is 7. The molecule has 27 heavy (non-hydrogen) atoms. The highest BCUT2D eigenvalue weighted by Gasteiger charge is 2.27. The third-order valence-corrected chi connectivity index (χ3v) is 5.96. The van der Waals surface area contributed by atoms with Crippen LogP contribution >= 0.6 is 0 Å². The minimum absolute atomic E-state index is 0.0921. The van der Waals surface area contributed by atoms with E-state index in [0.29, 0.717) is 0 Å². The van der Waals surface area contributed by atoms with Crippen LogP contribution in [0.25, 0.3) is 10.8 Å². The smallest absolute Gasteiger partial charge is 0.321 e. The zero-order valence-corrected chi connectivity index (χ0v) is 15.9. The van der Waals surface area contributed by atoms with Crippen molar-refractivity contribution in [2.75, 3.05) is 13.2 Å². The fourth-order valence-electron chi connectivity index (χ4n) is 2.84. The fourth-order valence-corrected chi connectivity index (χ4v) is 4.25. The maximum atomic E-state index is 13.2. The molecule has 0 fully saturated rings. The van der Waals surface area contributed by atoms with E-state index in [1.807, 2.05) is 54.6 Å². The number of carbonyl (C=O) groups is 1. The van der Waals surface area contributed by atoms with E-state index in [1.54, 1.807) is 25.1 Å². The average Bonchev–Trinajstić information content (AvgIpc) is 2.68. The van der Waals surface area contributed by atoms with Crippen LogP contribution in [-0.2, 0) is 26.1 Å². The molecule has 0 saturated heterocycles. The van der Waals surface area contributed by atoms with Crippen LogP contribution in [-0.4, -0.2) is 31.8 Å². The van der Waals surface area contributed by atoms with E-state index >= 15 is 0 Å². The van der Waals surface area contributed by atoms with Crippen molar-refractivity contribution in [3.63, 3.8) is 0 Å². The van der Waals surface area contributed by atoms with E-state index in [4.69, 9.17) is 4.74 Å². The lowest BCUT2D eigenvalue weighted by atomic mass is 10.1. The van der Waals surface area contributed by atoms with Crippen molar-refractivity contribution in [2.45, 2.75) is 18.4 Å². The molecule has 0 aromatic heterocycles. The van der Waals surface area contributed by atoms with E-state index in [-0.39, 0.29) is 24.6 Å². The third-order valence-electron chi connectivity index (χ3n) is 4.17. The lowest BCUT2D eigenvalue weighted by Crippen LogP contribution is -2.36. The number of sulfonamides is 1. The first-order valence-electron chi connectivity index (χ1n) is 8.69. The van der Waals surface area contributed by atoms with Crippen LogP contribution in [0.5, 0.6) is 0 Å². The number of nitrogens with zero attached hydrogens (tertiary/aromatic N) is 1. The van der Waals surface area contributed by atoms with Gasteiger partial charge in [0.15, 0.2) is 0 Å². The summed E-state index contributed by atoms with van der Waals surface area (Å²) < 4.78 is 32.6. The van der Waals surface area contributed by atoms with Crippen molar-refractivity contribution in [1.29, 1.82) is 0 Å². The molecular formula is C21H21NO4S. The Bertz CT molecular complexity index is 1030. The number of benzene rings is 3. The van der Waals surface area contributed by atoms with E-state index in [0.717, 1.165) is 20.6 Å². The summed E-state index contributed by atoms with van der Waals surface area (Å²) in [4.78, 5) is 12.2. The van der Waals surface area contributed by atoms with Gasteiger partial charge in [-0.3, -0.25) is 4.79 Å². The Morgan fingerprint density at radius 2 is 1.59 bits per heavy atom. The van der Waals surface area contributed by atoms with Gasteiger partial charge in [-0.05, 0) is 35.4 Å². The predicted molar refractivity (Wildman–Crippen MR) is 105 cm³/mol. The van der Waals surface area contributed by atoms with Gasteiger partial charge < -0.3 is 4.74 Å². The number of carbonyl (C=O) groups excluding carboxylic acids is 1. The highest BCUT2D eigenvalue weighted by molar-refractivity contribution is 7.89. The van der Waals surface area contributed by atoms with Crippen LogP contribution in [0.2, 0.25) is 0 Å². The standard InChI is InChI=1S/C21H21NO4S/c1-2-26-21(23)16-22(15-17-8-4-3-5-9-17)27(24,25)20-13-12-18-10-6-7-11-19(18)14-20/h3-14H,2,15-16H2,1H3. The van der Waals surface area contributed by atoms with Gasteiger partial charge in [-0.1, -0.05) is 60.7 Å². The summed E-state index contributed by atoms with van der Waals surface area (Å²) >= 11 is 0. The second-order valence-electron chi connectivity index (χ2n) is 6.07. The molecule has 3 rings (SSSR count). The summed E-state index contributed by atoms with van der Waals surface area (Å²) in [5.41, 5.74) is 0.797. The second kappa shape index (κ2) is 8.33. The summed E-state index contributed by atoms with van der Waals surface area (Å²) in [6.45, 7) is 1.65. The number of esters is 1.